The lowest BCUT2D eigenvalue weighted by molar-refractivity contribution is -0.591. The molecule has 0 aromatic rings. The topological polar surface area (TPSA) is 6.25 Å². The van der Waals surface area contributed by atoms with Crippen LogP contribution in [-0.2, 0) is 0 Å². The summed E-state index contributed by atoms with van der Waals surface area (Å²) in [6.07, 6.45) is 18.3. The summed E-state index contributed by atoms with van der Waals surface area (Å²) in [5.41, 5.74) is 0. The third kappa shape index (κ3) is 3.46. The number of hydrogen-bond donors (Lipinski definition) is 0. The minimum Gasteiger partial charge on any atom is -0.260 e. The van der Waals surface area contributed by atoms with Crippen molar-refractivity contribution in [3.05, 3.63) is 0 Å². The molecule has 0 spiro atoms. The van der Waals surface area contributed by atoms with Crippen molar-refractivity contribution in [1.29, 1.82) is 0 Å². The van der Waals surface area contributed by atoms with Crippen molar-refractivity contribution >= 4 is 5.84 Å². The Bertz CT molecular complexity index is 414. The molecule has 2 fully saturated rings. The molecule has 0 bridgehead atoms. The van der Waals surface area contributed by atoms with E-state index in [1.807, 2.05) is 0 Å². The molecular weight excluding hydrogens is 280 g/mol. The molecule has 0 aromatic heterocycles. The molecule has 2 saturated heterocycles. The average molecular weight is 320 g/mol. The van der Waals surface area contributed by atoms with E-state index in [1.165, 1.54) is 83.5 Å². The number of rotatable bonds is 8. The van der Waals surface area contributed by atoms with Gasteiger partial charge >= 0.3 is 0 Å². The van der Waals surface area contributed by atoms with Gasteiger partial charge in [0.15, 0.2) is 0 Å². The zero-order valence-corrected chi connectivity index (χ0v) is 15.9. The highest BCUT2D eigenvalue weighted by molar-refractivity contribution is 5.81. The Morgan fingerprint density at radius 1 is 0.870 bits per heavy atom. The van der Waals surface area contributed by atoms with E-state index in [1.54, 1.807) is 5.84 Å². The molecule has 3 heterocycles. The molecule has 3 rings (SSSR count). The Hall–Kier alpha value is -0.530. The molecule has 2 nitrogen and oxygen atoms in total. The quantitative estimate of drug-likeness (QED) is 0.432. The lowest BCUT2D eigenvalue weighted by Crippen LogP contribution is -2.53. The Morgan fingerprint density at radius 2 is 1.70 bits per heavy atom. The van der Waals surface area contributed by atoms with Crippen LogP contribution in [0.4, 0.5) is 0 Å². The molecule has 0 saturated carbocycles. The summed E-state index contributed by atoms with van der Waals surface area (Å²) in [6, 6.07) is 3.45. The normalized spacial score (nSPS) is 33.3. The first-order chi connectivity index (χ1) is 11.3. The summed E-state index contributed by atoms with van der Waals surface area (Å²) in [6.45, 7) is 7.07. The molecule has 0 radical (unpaired) electrons. The van der Waals surface area contributed by atoms with Crippen LogP contribution in [0.25, 0.3) is 0 Å². The van der Waals surface area contributed by atoms with Gasteiger partial charge in [0, 0.05) is 6.42 Å². The lowest BCUT2D eigenvalue weighted by atomic mass is 9.95. The van der Waals surface area contributed by atoms with Crippen molar-refractivity contribution in [3.63, 3.8) is 0 Å². The number of hydrogen-bond acceptors (Lipinski definition) is 1. The minimum absolute atomic E-state index is 0.852. The van der Waals surface area contributed by atoms with Crippen molar-refractivity contribution in [2.24, 2.45) is 0 Å². The van der Waals surface area contributed by atoms with Gasteiger partial charge in [-0.15, -0.1) is 0 Å². The molecule has 0 aliphatic carbocycles. The molecular formula is C21H39N2+. The van der Waals surface area contributed by atoms with Gasteiger partial charge in [0.05, 0.1) is 24.5 Å². The van der Waals surface area contributed by atoms with Crippen LogP contribution in [0.3, 0.4) is 0 Å². The second-order valence-corrected chi connectivity index (χ2v) is 8.27. The van der Waals surface area contributed by atoms with E-state index in [9.17, 15) is 0 Å². The van der Waals surface area contributed by atoms with Crippen LogP contribution in [0.1, 0.15) is 104 Å². The fourth-order valence-electron chi connectivity index (χ4n) is 5.71. The minimum atomic E-state index is 0.852. The highest BCUT2D eigenvalue weighted by Crippen LogP contribution is 2.39. The summed E-state index contributed by atoms with van der Waals surface area (Å²) >= 11 is 0. The van der Waals surface area contributed by atoms with Crippen LogP contribution in [0.5, 0.6) is 0 Å². The van der Waals surface area contributed by atoms with E-state index >= 15 is 0 Å². The van der Waals surface area contributed by atoms with E-state index in [-0.39, 0.29) is 0 Å². The van der Waals surface area contributed by atoms with Crippen molar-refractivity contribution in [2.75, 3.05) is 0 Å². The third-order valence-electron chi connectivity index (χ3n) is 6.63. The largest absolute Gasteiger partial charge is 0.260 e. The Labute approximate surface area is 144 Å². The maximum Gasteiger partial charge on any atom is 0.247 e. The predicted octanol–water partition coefficient (Wildman–Crippen LogP) is 5.35. The van der Waals surface area contributed by atoms with Gasteiger partial charge in [-0.25, -0.2) is 0 Å². The van der Waals surface area contributed by atoms with Crippen molar-refractivity contribution in [1.82, 2.24) is 4.90 Å². The second-order valence-electron chi connectivity index (χ2n) is 8.27. The fourth-order valence-corrected chi connectivity index (χ4v) is 5.71. The van der Waals surface area contributed by atoms with Gasteiger partial charge in [0.1, 0.15) is 6.04 Å². The smallest absolute Gasteiger partial charge is 0.247 e. The molecule has 0 N–H and O–H groups in total. The summed E-state index contributed by atoms with van der Waals surface area (Å²) < 4.78 is 2.93. The van der Waals surface area contributed by atoms with Crippen molar-refractivity contribution < 1.29 is 4.58 Å². The van der Waals surface area contributed by atoms with E-state index < -0.39 is 0 Å². The van der Waals surface area contributed by atoms with Gasteiger partial charge in [-0.3, -0.25) is 9.48 Å². The maximum atomic E-state index is 2.95. The van der Waals surface area contributed by atoms with Crippen LogP contribution in [0, 0.1) is 0 Å². The summed E-state index contributed by atoms with van der Waals surface area (Å²) in [5.74, 6) is 1.78. The number of fused-ring (bicyclic) bond motifs is 2. The van der Waals surface area contributed by atoms with Crippen LogP contribution in [0.15, 0.2) is 0 Å². The molecule has 4 atom stereocenters. The predicted molar refractivity (Wildman–Crippen MR) is 99.3 cm³/mol. The molecule has 3 aliphatic heterocycles. The summed E-state index contributed by atoms with van der Waals surface area (Å²) in [7, 11) is 0. The lowest BCUT2D eigenvalue weighted by Gasteiger charge is -2.37. The zero-order chi connectivity index (χ0) is 16.2. The standard InChI is InChI=1S/C21H39N2/c1-4-7-8-11-19-16-20-13-12-17(9-5-2)23(20)21-15-14-18(10-6-3)22(19)21/h17-20H,4-16H2,1-3H3/q+1/t17-,18-,19+,20-/m0/s1. The number of amidine groups is 1. The zero-order valence-electron chi connectivity index (χ0n) is 15.9. The van der Waals surface area contributed by atoms with E-state index in [0.717, 1.165) is 24.2 Å². The van der Waals surface area contributed by atoms with Crippen LogP contribution < -0.4 is 0 Å². The van der Waals surface area contributed by atoms with Gasteiger partial charge in [0.2, 0.25) is 5.84 Å². The first-order valence-electron chi connectivity index (χ1n) is 10.7. The van der Waals surface area contributed by atoms with Crippen LogP contribution >= 0.6 is 0 Å². The molecule has 23 heavy (non-hydrogen) atoms. The van der Waals surface area contributed by atoms with Crippen LogP contribution in [0.2, 0.25) is 0 Å². The maximum absolute atomic E-state index is 2.95. The fraction of sp³-hybridized carbons (Fsp3) is 0.952. The molecule has 2 heteroatoms. The van der Waals surface area contributed by atoms with Crippen molar-refractivity contribution in [2.45, 2.75) is 128 Å². The summed E-state index contributed by atoms with van der Waals surface area (Å²) in [4.78, 5) is 2.95. The molecule has 0 amide bonds. The van der Waals surface area contributed by atoms with Gasteiger partial charge in [0.25, 0.3) is 0 Å². The van der Waals surface area contributed by atoms with Crippen LogP contribution in [-0.4, -0.2) is 39.5 Å². The monoisotopic (exact) mass is 319 g/mol. The van der Waals surface area contributed by atoms with E-state index in [2.05, 4.69) is 30.2 Å². The van der Waals surface area contributed by atoms with Crippen molar-refractivity contribution in [3.8, 4) is 0 Å². The van der Waals surface area contributed by atoms with E-state index in [0.29, 0.717) is 0 Å². The SMILES string of the molecule is CCCCC[C@@H]1C[C@@H]2CC[C@H](CCC)[N+]2=C2CC[C@H](CCC)N21. The first kappa shape index (κ1) is 17.3. The molecule has 3 aliphatic rings. The van der Waals surface area contributed by atoms with Gasteiger partial charge < -0.3 is 0 Å². The number of nitrogens with zero attached hydrogens (tertiary/aromatic N) is 2. The highest BCUT2D eigenvalue weighted by Gasteiger charge is 2.50. The van der Waals surface area contributed by atoms with Gasteiger partial charge in [-0.1, -0.05) is 46.5 Å². The summed E-state index contributed by atoms with van der Waals surface area (Å²) in [5, 5.41) is 0. The number of unbranched alkanes of at least 4 members (excludes halogenated alkanes) is 2. The van der Waals surface area contributed by atoms with Gasteiger partial charge in [-0.05, 0) is 44.9 Å². The van der Waals surface area contributed by atoms with E-state index in [4.69, 9.17) is 0 Å². The molecule has 0 aromatic carbocycles. The first-order valence-corrected chi connectivity index (χ1v) is 10.7. The Balaban J connectivity index is 1.82. The highest BCUT2D eigenvalue weighted by atomic mass is 15.3. The third-order valence-corrected chi connectivity index (χ3v) is 6.63. The van der Waals surface area contributed by atoms with Gasteiger partial charge in [-0.2, -0.15) is 0 Å². The Kier molecular flexibility index (Phi) is 6.04. The Morgan fingerprint density at radius 3 is 2.43 bits per heavy atom. The molecule has 132 valence electrons. The average Bonchev–Trinajstić information content (AvgIpc) is 3.13. The second kappa shape index (κ2) is 8.03. The molecule has 0 unspecified atom stereocenters.